The van der Waals surface area contributed by atoms with E-state index in [9.17, 15) is 22.8 Å². The van der Waals surface area contributed by atoms with E-state index in [4.69, 9.17) is 9.84 Å². The molecule has 8 heteroatoms. The van der Waals surface area contributed by atoms with Crippen LogP contribution in [0.2, 0.25) is 0 Å². The highest BCUT2D eigenvalue weighted by molar-refractivity contribution is 5.89. The molecule has 0 fully saturated rings. The van der Waals surface area contributed by atoms with Crippen LogP contribution in [0.25, 0.3) is 0 Å². The Morgan fingerprint density at radius 2 is 1.88 bits per heavy atom. The van der Waals surface area contributed by atoms with Gasteiger partial charge in [-0.05, 0) is 39.0 Å². The van der Waals surface area contributed by atoms with Crippen LogP contribution < -0.4 is 5.32 Å². The minimum absolute atomic E-state index is 0.0367. The Labute approximate surface area is 143 Å². The number of aromatic carboxylic acids is 1. The molecule has 0 aliphatic rings. The van der Waals surface area contributed by atoms with Gasteiger partial charge in [-0.15, -0.1) is 0 Å². The van der Waals surface area contributed by atoms with Gasteiger partial charge in [0.25, 0.3) is 0 Å². The first-order chi connectivity index (χ1) is 11.4. The second-order valence-electron chi connectivity index (χ2n) is 6.04. The van der Waals surface area contributed by atoms with Gasteiger partial charge in [0, 0.05) is 18.5 Å². The zero-order valence-corrected chi connectivity index (χ0v) is 14.0. The molecule has 1 aromatic rings. The van der Waals surface area contributed by atoms with E-state index in [1.165, 1.54) is 6.07 Å². The Kier molecular flexibility index (Phi) is 6.45. The average molecular weight is 357 g/mol. The Balaban J connectivity index is 2.72. The van der Waals surface area contributed by atoms with Crippen LogP contribution in [0, 0.1) is 11.8 Å². The van der Waals surface area contributed by atoms with Crippen LogP contribution in [0.4, 0.5) is 18.0 Å². The van der Waals surface area contributed by atoms with Gasteiger partial charge in [-0.2, -0.15) is 13.2 Å². The van der Waals surface area contributed by atoms with Gasteiger partial charge in [0.2, 0.25) is 0 Å². The number of alkyl carbamates (subject to hydrolysis) is 1. The summed E-state index contributed by atoms with van der Waals surface area (Å²) in [6.45, 7) is 5.31. The van der Waals surface area contributed by atoms with Crippen molar-refractivity contribution >= 4 is 12.1 Å². The van der Waals surface area contributed by atoms with Gasteiger partial charge in [0.1, 0.15) is 5.60 Å². The van der Waals surface area contributed by atoms with Crippen LogP contribution in [0.15, 0.2) is 18.2 Å². The highest BCUT2D eigenvalue weighted by atomic mass is 19.4. The zero-order chi connectivity index (χ0) is 19.3. The highest BCUT2D eigenvalue weighted by Gasteiger charge is 2.35. The number of hydrogen-bond acceptors (Lipinski definition) is 3. The molecule has 136 valence electrons. The third-order valence-electron chi connectivity index (χ3n) is 2.71. The Bertz CT molecular complexity index is 709. The molecule has 0 atom stereocenters. The number of hydrogen-bond donors (Lipinski definition) is 2. The zero-order valence-electron chi connectivity index (χ0n) is 14.0. The summed E-state index contributed by atoms with van der Waals surface area (Å²) in [6, 6.07) is 2.76. The summed E-state index contributed by atoms with van der Waals surface area (Å²) in [5.74, 6) is 3.46. The lowest BCUT2D eigenvalue weighted by Crippen LogP contribution is -2.32. The fourth-order valence-electron chi connectivity index (χ4n) is 1.75. The van der Waals surface area contributed by atoms with Gasteiger partial charge in [0.15, 0.2) is 0 Å². The number of halogens is 3. The van der Waals surface area contributed by atoms with Crippen molar-refractivity contribution in [2.45, 2.75) is 39.0 Å². The number of alkyl halides is 3. The quantitative estimate of drug-likeness (QED) is 0.639. The summed E-state index contributed by atoms with van der Waals surface area (Å²) in [5.41, 5.74) is -2.67. The number of amides is 1. The second kappa shape index (κ2) is 7.92. The second-order valence-corrected chi connectivity index (χ2v) is 6.04. The van der Waals surface area contributed by atoms with Gasteiger partial charge in [0.05, 0.1) is 11.1 Å². The van der Waals surface area contributed by atoms with Crippen LogP contribution in [0.1, 0.15) is 48.7 Å². The van der Waals surface area contributed by atoms with E-state index in [-0.39, 0.29) is 18.5 Å². The van der Waals surface area contributed by atoms with Crippen LogP contribution in [0.5, 0.6) is 0 Å². The van der Waals surface area contributed by atoms with Crippen molar-refractivity contribution in [3.8, 4) is 11.8 Å². The van der Waals surface area contributed by atoms with Crippen molar-refractivity contribution in [1.29, 1.82) is 0 Å². The van der Waals surface area contributed by atoms with Crippen LogP contribution in [-0.2, 0) is 10.9 Å². The highest BCUT2D eigenvalue weighted by Crippen LogP contribution is 2.32. The van der Waals surface area contributed by atoms with Gasteiger partial charge < -0.3 is 15.2 Å². The summed E-state index contributed by atoms with van der Waals surface area (Å²) >= 11 is 0. The molecule has 0 aliphatic carbocycles. The number of benzene rings is 1. The molecule has 5 nitrogen and oxygen atoms in total. The standard InChI is InChI=1S/C17H18F3NO4/c1-16(2,3)25-15(24)21-9-5-4-6-11-7-8-12(14(22)23)13(10-11)17(18,19)20/h7-8,10H,5,9H2,1-3H3,(H,21,24)(H,22,23). The third-order valence-corrected chi connectivity index (χ3v) is 2.71. The molecule has 0 aromatic heterocycles. The average Bonchev–Trinajstić information content (AvgIpc) is 2.43. The third kappa shape index (κ3) is 7.16. The van der Waals surface area contributed by atoms with Crippen molar-refractivity contribution in [2.75, 3.05) is 6.54 Å². The van der Waals surface area contributed by atoms with E-state index in [0.717, 1.165) is 6.07 Å². The molecule has 0 unspecified atom stereocenters. The van der Waals surface area contributed by atoms with Crippen molar-refractivity contribution in [2.24, 2.45) is 0 Å². The normalized spacial score (nSPS) is 11.3. The SMILES string of the molecule is CC(C)(C)OC(=O)NCCC#Cc1ccc(C(=O)O)c(C(F)(F)F)c1. The van der Waals surface area contributed by atoms with E-state index in [2.05, 4.69) is 17.2 Å². The maximum absolute atomic E-state index is 12.9. The predicted molar refractivity (Wildman–Crippen MR) is 84.1 cm³/mol. The maximum atomic E-state index is 12.9. The molecule has 0 spiro atoms. The van der Waals surface area contributed by atoms with E-state index in [1.54, 1.807) is 20.8 Å². The van der Waals surface area contributed by atoms with Gasteiger partial charge >= 0.3 is 18.2 Å². The topological polar surface area (TPSA) is 75.6 Å². The number of carboxylic acids is 1. The molecule has 0 heterocycles. The Morgan fingerprint density at radius 1 is 1.24 bits per heavy atom. The molecule has 1 amide bonds. The first-order valence-corrected chi connectivity index (χ1v) is 7.30. The monoisotopic (exact) mass is 357 g/mol. The Hall–Kier alpha value is -2.69. The lowest BCUT2D eigenvalue weighted by molar-refractivity contribution is -0.138. The van der Waals surface area contributed by atoms with Crippen LogP contribution in [0.3, 0.4) is 0 Å². The number of ether oxygens (including phenoxy) is 1. The summed E-state index contributed by atoms with van der Waals surface area (Å²) in [6.07, 6.45) is -5.20. The number of carbonyl (C=O) groups is 2. The van der Waals surface area contributed by atoms with E-state index < -0.39 is 35.0 Å². The van der Waals surface area contributed by atoms with Gasteiger partial charge in [-0.1, -0.05) is 11.8 Å². The molecule has 1 rings (SSSR count). The number of rotatable bonds is 3. The van der Waals surface area contributed by atoms with E-state index in [0.29, 0.717) is 6.07 Å². The maximum Gasteiger partial charge on any atom is 0.417 e. The molecular weight excluding hydrogens is 339 g/mol. The largest absolute Gasteiger partial charge is 0.478 e. The molecule has 0 saturated heterocycles. The van der Waals surface area contributed by atoms with Gasteiger partial charge in [-0.3, -0.25) is 0 Å². The molecule has 1 aromatic carbocycles. The fraction of sp³-hybridized carbons (Fsp3) is 0.412. The van der Waals surface area contributed by atoms with Crippen LogP contribution in [-0.4, -0.2) is 29.3 Å². The molecule has 0 aliphatic heterocycles. The minimum atomic E-state index is -4.79. The summed E-state index contributed by atoms with van der Waals surface area (Å²) in [5, 5.41) is 11.3. The summed E-state index contributed by atoms with van der Waals surface area (Å²) in [7, 11) is 0. The van der Waals surface area contributed by atoms with Crippen molar-refractivity contribution in [3.05, 3.63) is 34.9 Å². The predicted octanol–water partition coefficient (Wildman–Crippen LogP) is 3.67. The lowest BCUT2D eigenvalue weighted by atomic mass is 10.0. The lowest BCUT2D eigenvalue weighted by Gasteiger charge is -2.19. The van der Waals surface area contributed by atoms with E-state index >= 15 is 0 Å². The Morgan fingerprint density at radius 3 is 2.40 bits per heavy atom. The summed E-state index contributed by atoms with van der Waals surface area (Å²) in [4.78, 5) is 22.2. The van der Waals surface area contributed by atoms with Crippen molar-refractivity contribution in [3.63, 3.8) is 0 Å². The van der Waals surface area contributed by atoms with Gasteiger partial charge in [-0.25, -0.2) is 9.59 Å². The smallest absolute Gasteiger partial charge is 0.417 e. The summed E-state index contributed by atoms with van der Waals surface area (Å²) < 4.78 is 43.7. The fourth-order valence-corrected chi connectivity index (χ4v) is 1.75. The number of carboxylic acid groups (broad SMARTS) is 1. The van der Waals surface area contributed by atoms with Crippen molar-refractivity contribution < 1.29 is 32.6 Å². The first-order valence-electron chi connectivity index (χ1n) is 7.30. The molecule has 0 saturated carbocycles. The number of nitrogens with one attached hydrogen (secondary N) is 1. The molecule has 2 N–H and O–H groups in total. The van der Waals surface area contributed by atoms with E-state index in [1.807, 2.05) is 0 Å². The molecule has 0 bridgehead atoms. The first kappa shape index (κ1) is 20.4. The van der Waals surface area contributed by atoms with Crippen LogP contribution >= 0.6 is 0 Å². The minimum Gasteiger partial charge on any atom is -0.478 e. The molecular formula is C17H18F3NO4. The number of carbonyl (C=O) groups excluding carboxylic acids is 1. The molecule has 0 radical (unpaired) electrons. The molecule has 25 heavy (non-hydrogen) atoms. The van der Waals surface area contributed by atoms with Crippen molar-refractivity contribution in [1.82, 2.24) is 5.32 Å².